The lowest BCUT2D eigenvalue weighted by molar-refractivity contribution is -0.386. The molecule has 5 nitrogen and oxygen atoms in total. The van der Waals surface area contributed by atoms with E-state index in [0.717, 1.165) is 16.8 Å². The number of hydrogen-bond donors (Lipinski definition) is 0. The summed E-state index contributed by atoms with van der Waals surface area (Å²) in [6.45, 7) is 6.30. The lowest BCUT2D eigenvalue weighted by Crippen LogP contribution is -2.60. The van der Waals surface area contributed by atoms with E-state index < -0.39 is 5.72 Å². The topological polar surface area (TPSA) is 55.6 Å². The lowest BCUT2D eigenvalue weighted by atomic mass is 9.73. The number of nitro groups is 1. The van der Waals surface area contributed by atoms with Gasteiger partial charge in [-0.05, 0) is 44.1 Å². The summed E-state index contributed by atoms with van der Waals surface area (Å²) in [7, 11) is 1.99. The Kier molecular flexibility index (Phi) is 3.04. The Balaban J connectivity index is 1.98. The van der Waals surface area contributed by atoms with Crippen LogP contribution in [0.5, 0.6) is 5.75 Å². The van der Waals surface area contributed by atoms with Crippen LogP contribution < -0.4 is 9.64 Å². The Morgan fingerprint density at radius 2 is 1.84 bits per heavy atom. The van der Waals surface area contributed by atoms with Crippen LogP contribution in [-0.4, -0.2) is 17.7 Å². The van der Waals surface area contributed by atoms with Crippen molar-refractivity contribution in [3.63, 3.8) is 0 Å². The first-order valence-electron chi connectivity index (χ1n) is 8.29. The molecule has 0 aromatic heterocycles. The van der Waals surface area contributed by atoms with E-state index in [2.05, 4.69) is 30.9 Å². The van der Waals surface area contributed by atoms with Crippen molar-refractivity contribution in [1.29, 1.82) is 0 Å². The average molecular weight is 336 g/mol. The van der Waals surface area contributed by atoms with E-state index >= 15 is 0 Å². The van der Waals surface area contributed by atoms with Crippen molar-refractivity contribution in [2.24, 2.45) is 0 Å². The predicted molar refractivity (Wildman–Crippen MR) is 98.0 cm³/mol. The van der Waals surface area contributed by atoms with Crippen molar-refractivity contribution in [3.05, 3.63) is 69.3 Å². The first kappa shape index (κ1) is 15.7. The lowest BCUT2D eigenvalue weighted by Gasteiger charge is -2.48. The molecule has 25 heavy (non-hydrogen) atoms. The van der Waals surface area contributed by atoms with E-state index in [1.165, 1.54) is 11.6 Å². The highest BCUT2D eigenvalue weighted by Crippen LogP contribution is 2.57. The quantitative estimate of drug-likeness (QED) is 0.568. The van der Waals surface area contributed by atoms with Crippen LogP contribution in [0.4, 0.5) is 11.4 Å². The van der Waals surface area contributed by atoms with Gasteiger partial charge in [0, 0.05) is 24.4 Å². The van der Waals surface area contributed by atoms with Crippen LogP contribution in [-0.2, 0) is 5.41 Å². The van der Waals surface area contributed by atoms with Crippen LogP contribution in [0.15, 0.2) is 48.0 Å². The molecule has 5 heteroatoms. The third kappa shape index (κ3) is 1.78. The monoisotopic (exact) mass is 336 g/mol. The minimum Gasteiger partial charge on any atom is -0.455 e. The Morgan fingerprint density at radius 3 is 2.52 bits per heavy atom. The summed E-state index contributed by atoms with van der Waals surface area (Å²) in [6, 6.07) is 13.2. The highest BCUT2D eigenvalue weighted by molar-refractivity contribution is 5.76. The van der Waals surface area contributed by atoms with Crippen molar-refractivity contribution < 1.29 is 9.66 Å². The van der Waals surface area contributed by atoms with Crippen molar-refractivity contribution in [2.75, 3.05) is 11.9 Å². The maximum Gasteiger partial charge on any atom is 0.311 e. The zero-order valence-corrected chi connectivity index (χ0v) is 14.7. The van der Waals surface area contributed by atoms with Crippen LogP contribution in [0.3, 0.4) is 0 Å². The van der Waals surface area contributed by atoms with Gasteiger partial charge in [-0.25, -0.2) is 0 Å². The van der Waals surface area contributed by atoms with Gasteiger partial charge < -0.3 is 9.64 Å². The third-order valence-electron chi connectivity index (χ3n) is 5.64. The summed E-state index contributed by atoms with van der Waals surface area (Å²) >= 11 is 0. The number of rotatable bonds is 1. The van der Waals surface area contributed by atoms with E-state index in [1.54, 1.807) is 6.07 Å². The first-order chi connectivity index (χ1) is 11.8. The van der Waals surface area contributed by atoms with Gasteiger partial charge in [0.25, 0.3) is 0 Å². The van der Waals surface area contributed by atoms with Crippen molar-refractivity contribution in [3.8, 4) is 5.75 Å². The molecular weight excluding hydrogens is 316 g/mol. The highest BCUT2D eigenvalue weighted by atomic mass is 16.6. The molecule has 0 N–H and O–H groups in total. The molecule has 0 amide bonds. The molecular formula is C20H20N2O3. The fourth-order valence-corrected chi connectivity index (χ4v) is 4.49. The van der Waals surface area contributed by atoms with Gasteiger partial charge in [0.05, 0.1) is 10.3 Å². The van der Waals surface area contributed by atoms with Crippen LogP contribution in [0.25, 0.3) is 6.08 Å². The molecule has 2 heterocycles. The normalized spacial score (nSPS) is 22.9. The van der Waals surface area contributed by atoms with Gasteiger partial charge in [-0.15, -0.1) is 0 Å². The van der Waals surface area contributed by atoms with Crippen LogP contribution in [0.1, 0.15) is 31.9 Å². The van der Waals surface area contributed by atoms with Crippen molar-refractivity contribution >= 4 is 17.5 Å². The minimum absolute atomic E-state index is 0.000723. The number of likely N-dealkylation sites (N-methyl/N-ethyl adjacent to an activating group) is 1. The van der Waals surface area contributed by atoms with Gasteiger partial charge in [0.15, 0.2) is 0 Å². The van der Waals surface area contributed by atoms with E-state index in [4.69, 9.17) is 4.74 Å². The Labute approximate surface area is 146 Å². The summed E-state index contributed by atoms with van der Waals surface area (Å²) in [6.07, 6.45) is 2.01. The van der Waals surface area contributed by atoms with Crippen LogP contribution in [0.2, 0.25) is 0 Å². The second-order valence-corrected chi connectivity index (χ2v) is 7.23. The molecule has 0 radical (unpaired) electrons. The van der Waals surface area contributed by atoms with Gasteiger partial charge in [0.1, 0.15) is 0 Å². The molecule has 2 aromatic rings. The second kappa shape index (κ2) is 4.85. The average Bonchev–Trinajstić information content (AvgIpc) is 2.75. The summed E-state index contributed by atoms with van der Waals surface area (Å²) in [5.74, 6) is 0.339. The highest BCUT2D eigenvalue weighted by Gasteiger charge is 2.60. The largest absolute Gasteiger partial charge is 0.455 e. The summed E-state index contributed by atoms with van der Waals surface area (Å²) in [4.78, 5) is 13.2. The molecule has 0 bridgehead atoms. The molecule has 1 unspecified atom stereocenters. The summed E-state index contributed by atoms with van der Waals surface area (Å²) in [5, 5.41) is 11.5. The minimum atomic E-state index is -0.796. The molecule has 1 atom stereocenters. The van der Waals surface area contributed by atoms with Crippen LogP contribution >= 0.6 is 0 Å². The molecule has 0 aliphatic carbocycles. The van der Waals surface area contributed by atoms with Crippen molar-refractivity contribution in [1.82, 2.24) is 0 Å². The molecule has 4 rings (SSSR count). The van der Waals surface area contributed by atoms with Gasteiger partial charge in [-0.3, -0.25) is 10.1 Å². The van der Waals surface area contributed by atoms with E-state index in [9.17, 15) is 10.1 Å². The van der Waals surface area contributed by atoms with E-state index in [1.807, 2.05) is 38.2 Å². The van der Waals surface area contributed by atoms with Gasteiger partial charge in [-0.2, -0.15) is 0 Å². The number of benzene rings is 2. The number of anilines is 1. The molecule has 1 spiro atoms. The number of para-hydroxylation sites is 2. The smallest absolute Gasteiger partial charge is 0.311 e. The molecule has 2 aliphatic heterocycles. The van der Waals surface area contributed by atoms with Gasteiger partial charge in [0.2, 0.25) is 11.5 Å². The second-order valence-electron chi connectivity index (χ2n) is 7.23. The van der Waals surface area contributed by atoms with Gasteiger partial charge >= 0.3 is 5.69 Å². The third-order valence-corrected chi connectivity index (χ3v) is 5.64. The van der Waals surface area contributed by atoms with Crippen LogP contribution in [0, 0.1) is 10.1 Å². The zero-order valence-electron chi connectivity index (χ0n) is 14.7. The number of fused-ring (bicyclic) bond motifs is 2. The van der Waals surface area contributed by atoms with E-state index in [0.29, 0.717) is 5.75 Å². The molecule has 0 fully saturated rings. The maximum absolute atomic E-state index is 11.5. The molecule has 128 valence electrons. The molecule has 0 saturated carbocycles. The number of nitro benzene ring substituents is 1. The predicted octanol–water partition coefficient (Wildman–Crippen LogP) is 4.51. The number of hydrogen-bond acceptors (Lipinski definition) is 4. The fraction of sp³-hybridized carbons (Fsp3) is 0.300. The summed E-state index contributed by atoms with van der Waals surface area (Å²) in [5.41, 5.74) is 2.87. The maximum atomic E-state index is 11.5. The SMILES string of the molecule is CC1=Cc2cccc([N+](=O)[O-])c2OC12N(C)c1ccccc1C2(C)C. The van der Waals surface area contributed by atoms with Crippen molar-refractivity contribution in [2.45, 2.75) is 31.9 Å². The first-order valence-corrected chi connectivity index (χ1v) is 8.29. The van der Waals surface area contributed by atoms with Gasteiger partial charge in [-0.1, -0.05) is 30.3 Å². The molecule has 0 saturated heterocycles. The Morgan fingerprint density at radius 1 is 1.12 bits per heavy atom. The Hall–Kier alpha value is -2.82. The zero-order chi connectivity index (χ0) is 18.0. The van der Waals surface area contributed by atoms with E-state index in [-0.39, 0.29) is 16.0 Å². The molecule has 2 aliphatic rings. The number of ether oxygens (including phenoxy) is 1. The standard InChI is InChI=1S/C20H20N2O3/c1-13-12-14-8-7-11-17(22(23)24)18(14)25-20(13)19(2,3)15-9-5-6-10-16(15)21(20)4/h5-12H,1-4H3. The summed E-state index contributed by atoms with van der Waals surface area (Å²) < 4.78 is 6.51. The number of nitrogens with zero attached hydrogens (tertiary/aromatic N) is 2. The fourth-order valence-electron chi connectivity index (χ4n) is 4.49. The molecule has 2 aromatic carbocycles. The Bertz CT molecular complexity index is 932.